The first-order chi connectivity index (χ1) is 9.37. The van der Waals surface area contributed by atoms with Crippen molar-refractivity contribution in [3.8, 4) is 0 Å². The van der Waals surface area contributed by atoms with E-state index in [1.807, 2.05) is 0 Å². The predicted octanol–water partition coefficient (Wildman–Crippen LogP) is 5.54. The molecule has 20 heavy (non-hydrogen) atoms. The van der Waals surface area contributed by atoms with Crippen LogP contribution >= 0.6 is 0 Å². The molecular formula is C19H37N. The second-order valence-corrected chi connectivity index (χ2v) is 8.98. The van der Waals surface area contributed by atoms with Gasteiger partial charge in [0.25, 0.3) is 0 Å². The summed E-state index contributed by atoms with van der Waals surface area (Å²) in [6, 6.07) is 0. The monoisotopic (exact) mass is 279 g/mol. The molecule has 1 unspecified atom stereocenters. The molecule has 0 bridgehead atoms. The van der Waals surface area contributed by atoms with Gasteiger partial charge in [-0.15, -0.1) is 0 Å². The van der Waals surface area contributed by atoms with Gasteiger partial charge in [0.2, 0.25) is 0 Å². The van der Waals surface area contributed by atoms with Crippen LogP contribution in [-0.2, 0) is 0 Å². The zero-order chi connectivity index (χ0) is 14.7. The molecule has 1 nitrogen and oxygen atoms in total. The SMILES string of the molecule is CC1(C)CCNCC(C)(C2(C)CCCCCCC2)CC1. The fourth-order valence-corrected chi connectivity index (χ4v) is 4.42. The van der Waals surface area contributed by atoms with Crippen LogP contribution in [0.15, 0.2) is 0 Å². The molecule has 0 spiro atoms. The van der Waals surface area contributed by atoms with E-state index in [1.165, 1.54) is 77.3 Å². The van der Waals surface area contributed by atoms with Crippen LogP contribution in [0.25, 0.3) is 0 Å². The van der Waals surface area contributed by atoms with Crippen molar-refractivity contribution < 1.29 is 0 Å². The van der Waals surface area contributed by atoms with E-state index in [2.05, 4.69) is 33.0 Å². The molecule has 0 aromatic rings. The molecule has 2 aliphatic rings. The molecule has 1 saturated carbocycles. The van der Waals surface area contributed by atoms with Crippen LogP contribution in [0.4, 0.5) is 0 Å². The first kappa shape index (κ1) is 16.3. The Hall–Kier alpha value is -0.0400. The quantitative estimate of drug-likeness (QED) is 0.664. The Morgan fingerprint density at radius 2 is 1.20 bits per heavy atom. The fourth-order valence-electron chi connectivity index (χ4n) is 4.42. The van der Waals surface area contributed by atoms with Crippen molar-refractivity contribution in [3.63, 3.8) is 0 Å². The van der Waals surface area contributed by atoms with Crippen LogP contribution in [0, 0.1) is 16.2 Å². The first-order valence-electron chi connectivity index (χ1n) is 9.08. The second-order valence-electron chi connectivity index (χ2n) is 8.98. The van der Waals surface area contributed by atoms with Crippen molar-refractivity contribution in [2.45, 2.75) is 91.9 Å². The largest absolute Gasteiger partial charge is 0.316 e. The third-order valence-corrected chi connectivity index (χ3v) is 6.76. The summed E-state index contributed by atoms with van der Waals surface area (Å²) in [6.07, 6.45) is 14.3. The third kappa shape index (κ3) is 3.78. The van der Waals surface area contributed by atoms with E-state index in [-0.39, 0.29) is 0 Å². The minimum absolute atomic E-state index is 0.488. The van der Waals surface area contributed by atoms with Crippen LogP contribution in [0.5, 0.6) is 0 Å². The highest BCUT2D eigenvalue weighted by Gasteiger charge is 2.44. The zero-order valence-corrected chi connectivity index (χ0v) is 14.5. The fraction of sp³-hybridized carbons (Fsp3) is 1.00. The van der Waals surface area contributed by atoms with E-state index >= 15 is 0 Å². The number of nitrogens with one attached hydrogen (secondary N) is 1. The molecule has 1 aliphatic carbocycles. The average molecular weight is 280 g/mol. The molecule has 2 fully saturated rings. The van der Waals surface area contributed by atoms with Crippen molar-refractivity contribution in [1.29, 1.82) is 0 Å². The molecule has 1 heterocycles. The van der Waals surface area contributed by atoms with E-state index in [0.29, 0.717) is 16.2 Å². The van der Waals surface area contributed by atoms with Crippen LogP contribution in [0.2, 0.25) is 0 Å². The van der Waals surface area contributed by atoms with Crippen LogP contribution in [0.3, 0.4) is 0 Å². The number of hydrogen-bond acceptors (Lipinski definition) is 1. The summed E-state index contributed by atoms with van der Waals surface area (Å²) < 4.78 is 0. The third-order valence-electron chi connectivity index (χ3n) is 6.76. The molecule has 0 aromatic heterocycles. The average Bonchev–Trinajstić information content (AvgIpc) is 2.36. The lowest BCUT2D eigenvalue weighted by Gasteiger charge is -2.50. The second kappa shape index (κ2) is 6.38. The number of hydrogen-bond donors (Lipinski definition) is 1. The molecule has 1 atom stereocenters. The van der Waals surface area contributed by atoms with Gasteiger partial charge in [-0.2, -0.15) is 0 Å². The van der Waals surface area contributed by atoms with Crippen molar-refractivity contribution in [2.75, 3.05) is 13.1 Å². The first-order valence-corrected chi connectivity index (χ1v) is 9.08. The van der Waals surface area contributed by atoms with Gasteiger partial charge in [-0.1, -0.05) is 59.8 Å². The maximum absolute atomic E-state index is 3.79. The molecule has 2 rings (SSSR count). The van der Waals surface area contributed by atoms with Crippen LogP contribution in [0.1, 0.15) is 91.9 Å². The molecular weight excluding hydrogens is 242 g/mol. The van der Waals surface area contributed by atoms with Gasteiger partial charge in [-0.05, 0) is 54.9 Å². The lowest BCUT2D eigenvalue weighted by atomic mass is 9.57. The molecule has 0 aromatic carbocycles. The Labute approximate surface area is 127 Å². The summed E-state index contributed by atoms with van der Waals surface area (Å²) >= 11 is 0. The van der Waals surface area contributed by atoms with Gasteiger partial charge in [0.15, 0.2) is 0 Å². The van der Waals surface area contributed by atoms with Crippen molar-refractivity contribution in [3.05, 3.63) is 0 Å². The molecule has 1 aliphatic heterocycles. The predicted molar refractivity (Wildman–Crippen MR) is 89.0 cm³/mol. The minimum Gasteiger partial charge on any atom is -0.316 e. The van der Waals surface area contributed by atoms with Crippen molar-refractivity contribution in [2.24, 2.45) is 16.2 Å². The van der Waals surface area contributed by atoms with Gasteiger partial charge in [-0.25, -0.2) is 0 Å². The Morgan fingerprint density at radius 1 is 0.600 bits per heavy atom. The highest BCUT2D eigenvalue weighted by Crippen LogP contribution is 2.52. The lowest BCUT2D eigenvalue weighted by molar-refractivity contribution is 0.0117. The Balaban J connectivity index is 2.12. The Morgan fingerprint density at radius 3 is 1.85 bits per heavy atom. The van der Waals surface area contributed by atoms with Gasteiger partial charge >= 0.3 is 0 Å². The van der Waals surface area contributed by atoms with Crippen molar-refractivity contribution >= 4 is 0 Å². The maximum atomic E-state index is 3.79. The highest BCUT2D eigenvalue weighted by molar-refractivity contribution is 4.96. The van der Waals surface area contributed by atoms with E-state index in [4.69, 9.17) is 0 Å². The van der Waals surface area contributed by atoms with Gasteiger partial charge in [0.05, 0.1) is 0 Å². The normalized spacial score (nSPS) is 35.4. The summed E-state index contributed by atoms with van der Waals surface area (Å²) in [6.45, 7) is 12.6. The standard InChI is InChI=1S/C19H37N/c1-17(2)12-13-19(4,16-20-15-14-17)18(3)10-8-6-5-7-9-11-18/h20H,5-16H2,1-4H3. The Kier molecular flexibility index (Phi) is 5.21. The van der Waals surface area contributed by atoms with Crippen LogP contribution in [-0.4, -0.2) is 13.1 Å². The topological polar surface area (TPSA) is 12.0 Å². The highest BCUT2D eigenvalue weighted by atomic mass is 14.9. The molecule has 1 N–H and O–H groups in total. The summed E-state index contributed by atoms with van der Waals surface area (Å²) in [5, 5.41) is 3.79. The van der Waals surface area contributed by atoms with E-state index < -0.39 is 0 Å². The smallest absolute Gasteiger partial charge is 0.00104 e. The van der Waals surface area contributed by atoms with Gasteiger partial charge in [-0.3, -0.25) is 0 Å². The Bertz CT molecular complexity index is 299. The summed E-state index contributed by atoms with van der Waals surface area (Å²) in [4.78, 5) is 0. The minimum atomic E-state index is 0.488. The molecule has 0 amide bonds. The molecule has 1 heteroatoms. The van der Waals surface area contributed by atoms with E-state index in [9.17, 15) is 0 Å². The number of rotatable bonds is 1. The maximum Gasteiger partial charge on any atom is 0.00104 e. The van der Waals surface area contributed by atoms with Crippen molar-refractivity contribution in [1.82, 2.24) is 5.32 Å². The molecule has 118 valence electrons. The summed E-state index contributed by atoms with van der Waals surface area (Å²) in [5.41, 5.74) is 1.56. The van der Waals surface area contributed by atoms with E-state index in [1.54, 1.807) is 0 Å². The van der Waals surface area contributed by atoms with Crippen LogP contribution < -0.4 is 5.32 Å². The van der Waals surface area contributed by atoms with Gasteiger partial charge in [0, 0.05) is 6.54 Å². The van der Waals surface area contributed by atoms with Gasteiger partial charge in [0.1, 0.15) is 0 Å². The summed E-state index contributed by atoms with van der Waals surface area (Å²) in [5.74, 6) is 0. The van der Waals surface area contributed by atoms with E-state index in [0.717, 1.165) is 0 Å². The molecule has 0 radical (unpaired) electrons. The lowest BCUT2D eigenvalue weighted by Crippen LogP contribution is -2.48. The van der Waals surface area contributed by atoms with Gasteiger partial charge < -0.3 is 5.32 Å². The molecule has 1 saturated heterocycles. The zero-order valence-electron chi connectivity index (χ0n) is 14.5. The summed E-state index contributed by atoms with van der Waals surface area (Å²) in [7, 11) is 0.